The third-order valence-corrected chi connectivity index (χ3v) is 2.84. The predicted octanol–water partition coefficient (Wildman–Crippen LogP) is 3.26. The van der Waals surface area contributed by atoms with E-state index in [-0.39, 0.29) is 0 Å². The van der Waals surface area contributed by atoms with Crippen molar-refractivity contribution >= 4 is 0 Å². The average Bonchev–Trinajstić information content (AvgIpc) is 2.21. The number of hydrogen-bond donors (Lipinski definition) is 1. The zero-order valence-corrected chi connectivity index (χ0v) is 10.2. The molecule has 84 valence electrons. The van der Waals surface area contributed by atoms with Crippen LogP contribution in [-0.2, 0) is 12.8 Å². The monoisotopic (exact) mass is 205 g/mol. The molecule has 15 heavy (non-hydrogen) atoms. The van der Waals surface area contributed by atoms with Crippen LogP contribution in [0.4, 0.5) is 0 Å². The van der Waals surface area contributed by atoms with Gasteiger partial charge in [0.15, 0.2) is 0 Å². The van der Waals surface area contributed by atoms with Crippen LogP contribution in [-0.4, -0.2) is 6.54 Å². The zero-order valence-electron chi connectivity index (χ0n) is 10.2. The molecule has 0 aliphatic rings. The maximum atomic E-state index is 5.69. The van der Waals surface area contributed by atoms with Gasteiger partial charge in [-0.2, -0.15) is 0 Å². The molecule has 0 unspecified atom stereocenters. The number of hydrogen-bond acceptors (Lipinski definition) is 1. The minimum atomic E-state index is 0.600. The summed E-state index contributed by atoms with van der Waals surface area (Å²) in [6.45, 7) is 7.49. The summed E-state index contributed by atoms with van der Waals surface area (Å²) in [6, 6.07) is 6.68. The van der Waals surface area contributed by atoms with E-state index in [1.54, 1.807) is 0 Å². The Hall–Kier alpha value is -0.820. The van der Waals surface area contributed by atoms with Gasteiger partial charge in [0.2, 0.25) is 0 Å². The second-order valence-electron chi connectivity index (χ2n) is 4.43. The van der Waals surface area contributed by atoms with E-state index in [2.05, 4.69) is 39.0 Å². The van der Waals surface area contributed by atoms with E-state index in [0.29, 0.717) is 5.92 Å². The molecule has 0 saturated carbocycles. The van der Waals surface area contributed by atoms with Crippen molar-refractivity contribution in [2.45, 2.75) is 46.0 Å². The van der Waals surface area contributed by atoms with Crippen LogP contribution in [0.3, 0.4) is 0 Å². The van der Waals surface area contributed by atoms with Gasteiger partial charge >= 0.3 is 0 Å². The summed E-state index contributed by atoms with van der Waals surface area (Å²) in [5, 5.41) is 0. The Labute approximate surface area is 93.7 Å². The van der Waals surface area contributed by atoms with Crippen LogP contribution in [0.25, 0.3) is 0 Å². The van der Waals surface area contributed by atoms with Crippen LogP contribution in [0.1, 0.15) is 49.8 Å². The van der Waals surface area contributed by atoms with Gasteiger partial charge in [-0.05, 0) is 42.0 Å². The summed E-state index contributed by atoms with van der Waals surface area (Å²) in [5.74, 6) is 0.600. The molecule has 0 amide bonds. The molecule has 0 radical (unpaired) electrons. The van der Waals surface area contributed by atoms with E-state index in [1.807, 2.05) is 0 Å². The molecule has 0 spiro atoms. The normalized spacial score (nSPS) is 11.0. The molecule has 0 aromatic heterocycles. The highest BCUT2D eigenvalue weighted by atomic mass is 14.5. The minimum absolute atomic E-state index is 0.600. The largest absolute Gasteiger partial charge is 0.330 e. The molecule has 1 aromatic carbocycles. The molecule has 1 nitrogen and oxygen atoms in total. The summed E-state index contributed by atoms with van der Waals surface area (Å²) in [4.78, 5) is 0. The van der Waals surface area contributed by atoms with E-state index >= 15 is 0 Å². The Bertz CT molecular complexity index is 302. The van der Waals surface area contributed by atoms with Crippen LogP contribution in [0, 0.1) is 0 Å². The van der Waals surface area contributed by atoms with Gasteiger partial charge in [-0.3, -0.25) is 0 Å². The number of nitrogens with two attached hydrogens (primary N) is 1. The van der Waals surface area contributed by atoms with Gasteiger partial charge in [-0.25, -0.2) is 0 Å². The standard InChI is InChI=1S/C14H23N/c1-4-6-12-7-5-8-13(11(2)3)14(12)9-10-15/h5,7-8,11H,4,6,9-10,15H2,1-3H3. The van der Waals surface area contributed by atoms with Gasteiger partial charge in [-0.1, -0.05) is 45.4 Å². The highest BCUT2D eigenvalue weighted by Gasteiger charge is 2.09. The lowest BCUT2D eigenvalue weighted by Gasteiger charge is -2.16. The van der Waals surface area contributed by atoms with E-state index in [4.69, 9.17) is 5.73 Å². The lowest BCUT2D eigenvalue weighted by Crippen LogP contribution is -2.09. The number of rotatable bonds is 5. The molecule has 0 bridgehead atoms. The van der Waals surface area contributed by atoms with Crippen LogP contribution < -0.4 is 5.73 Å². The smallest absolute Gasteiger partial charge is 0.00365 e. The number of aryl methyl sites for hydroxylation is 1. The second kappa shape index (κ2) is 5.92. The number of benzene rings is 1. The summed E-state index contributed by atoms with van der Waals surface area (Å²) in [5.41, 5.74) is 10.2. The summed E-state index contributed by atoms with van der Waals surface area (Å²) < 4.78 is 0. The van der Waals surface area contributed by atoms with Crippen LogP contribution in [0.5, 0.6) is 0 Å². The topological polar surface area (TPSA) is 26.0 Å². The van der Waals surface area contributed by atoms with E-state index in [9.17, 15) is 0 Å². The van der Waals surface area contributed by atoms with Crippen molar-refractivity contribution in [3.63, 3.8) is 0 Å². The molecular weight excluding hydrogens is 182 g/mol. The van der Waals surface area contributed by atoms with Crippen LogP contribution >= 0.6 is 0 Å². The molecule has 0 heterocycles. The van der Waals surface area contributed by atoms with Gasteiger partial charge in [0.05, 0.1) is 0 Å². The molecule has 1 rings (SSSR count). The third kappa shape index (κ3) is 3.07. The van der Waals surface area contributed by atoms with Crippen molar-refractivity contribution in [1.29, 1.82) is 0 Å². The van der Waals surface area contributed by atoms with Crippen molar-refractivity contribution in [3.05, 3.63) is 34.9 Å². The van der Waals surface area contributed by atoms with Crippen LogP contribution in [0.15, 0.2) is 18.2 Å². The Morgan fingerprint density at radius 2 is 1.93 bits per heavy atom. The molecule has 0 fully saturated rings. The summed E-state index contributed by atoms with van der Waals surface area (Å²) in [7, 11) is 0. The van der Waals surface area contributed by atoms with E-state index in [0.717, 1.165) is 13.0 Å². The van der Waals surface area contributed by atoms with Gasteiger partial charge in [0.25, 0.3) is 0 Å². The quantitative estimate of drug-likeness (QED) is 0.784. The third-order valence-electron chi connectivity index (χ3n) is 2.84. The SMILES string of the molecule is CCCc1cccc(C(C)C)c1CCN. The zero-order chi connectivity index (χ0) is 11.3. The van der Waals surface area contributed by atoms with Crippen molar-refractivity contribution in [2.75, 3.05) is 6.54 Å². The molecule has 1 aromatic rings. The lowest BCUT2D eigenvalue weighted by molar-refractivity contribution is 0.808. The molecule has 1 heteroatoms. The van der Waals surface area contributed by atoms with E-state index < -0.39 is 0 Å². The molecule has 0 aliphatic heterocycles. The molecule has 2 N–H and O–H groups in total. The summed E-state index contributed by atoms with van der Waals surface area (Å²) in [6.07, 6.45) is 3.40. The van der Waals surface area contributed by atoms with Crippen molar-refractivity contribution in [2.24, 2.45) is 5.73 Å². The maximum Gasteiger partial charge on any atom is -0.00365 e. The highest BCUT2D eigenvalue weighted by Crippen LogP contribution is 2.24. The van der Waals surface area contributed by atoms with Gasteiger partial charge < -0.3 is 5.73 Å². The molecule has 0 atom stereocenters. The molecule has 0 saturated heterocycles. The maximum absolute atomic E-state index is 5.69. The fraction of sp³-hybridized carbons (Fsp3) is 0.571. The van der Waals surface area contributed by atoms with Gasteiger partial charge in [0.1, 0.15) is 0 Å². The van der Waals surface area contributed by atoms with Crippen molar-refractivity contribution < 1.29 is 0 Å². The Balaban J connectivity index is 3.09. The predicted molar refractivity (Wildman–Crippen MR) is 67.3 cm³/mol. The fourth-order valence-corrected chi connectivity index (χ4v) is 2.15. The summed E-state index contributed by atoms with van der Waals surface area (Å²) >= 11 is 0. The fourth-order valence-electron chi connectivity index (χ4n) is 2.15. The second-order valence-corrected chi connectivity index (χ2v) is 4.43. The Morgan fingerprint density at radius 1 is 1.20 bits per heavy atom. The molecular formula is C14H23N. The Morgan fingerprint density at radius 3 is 2.47 bits per heavy atom. The van der Waals surface area contributed by atoms with Gasteiger partial charge in [-0.15, -0.1) is 0 Å². The first-order valence-corrected chi connectivity index (χ1v) is 6.01. The molecule has 0 aliphatic carbocycles. The first-order chi connectivity index (χ1) is 7.20. The van der Waals surface area contributed by atoms with Gasteiger partial charge in [0, 0.05) is 0 Å². The highest BCUT2D eigenvalue weighted by molar-refractivity contribution is 5.37. The average molecular weight is 205 g/mol. The Kier molecular flexibility index (Phi) is 4.83. The first-order valence-electron chi connectivity index (χ1n) is 6.01. The van der Waals surface area contributed by atoms with Crippen molar-refractivity contribution in [1.82, 2.24) is 0 Å². The van der Waals surface area contributed by atoms with Crippen molar-refractivity contribution in [3.8, 4) is 0 Å². The minimum Gasteiger partial charge on any atom is -0.330 e. The van der Waals surface area contributed by atoms with E-state index in [1.165, 1.54) is 29.5 Å². The van der Waals surface area contributed by atoms with Crippen LogP contribution in [0.2, 0.25) is 0 Å². The lowest BCUT2D eigenvalue weighted by atomic mass is 9.90. The first kappa shape index (κ1) is 12.3.